The zero-order chi connectivity index (χ0) is 14.7. The fourth-order valence-electron chi connectivity index (χ4n) is 2.19. The highest BCUT2D eigenvalue weighted by Gasteiger charge is 2.23. The van der Waals surface area contributed by atoms with Crippen LogP contribution < -0.4 is 5.32 Å². The van der Waals surface area contributed by atoms with Gasteiger partial charge < -0.3 is 15.3 Å². The largest absolute Gasteiger partial charge is 0.477 e. The molecular formula is C13H19N3O3S. The van der Waals surface area contributed by atoms with E-state index >= 15 is 0 Å². The van der Waals surface area contributed by atoms with Gasteiger partial charge in [0.15, 0.2) is 0 Å². The van der Waals surface area contributed by atoms with Gasteiger partial charge in [0.05, 0.1) is 4.88 Å². The van der Waals surface area contributed by atoms with Gasteiger partial charge in [-0.2, -0.15) is 0 Å². The molecule has 0 radical (unpaired) electrons. The summed E-state index contributed by atoms with van der Waals surface area (Å²) in [6, 6.07) is 3.30. The lowest BCUT2D eigenvalue weighted by atomic mass is 10.2. The van der Waals surface area contributed by atoms with Gasteiger partial charge in [-0.15, -0.1) is 11.3 Å². The molecule has 2 N–H and O–H groups in total. The summed E-state index contributed by atoms with van der Waals surface area (Å²) in [7, 11) is 4.12. The third-order valence-corrected chi connectivity index (χ3v) is 4.59. The fourth-order valence-corrected chi connectivity index (χ4v) is 2.96. The average molecular weight is 297 g/mol. The molecule has 7 heteroatoms. The molecule has 1 unspecified atom stereocenters. The van der Waals surface area contributed by atoms with Gasteiger partial charge in [-0.1, -0.05) is 0 Å². The highest BCUT2D eigenvalue weighted by Crippen LogP contribution is 2.16. The lowest BCUT2D eigenvalue weighted by Crippen LogP contribution is -2.54. The van der Waals surface area contributed by atoms with E-state index in [2.05, 4.69) is 29.2 Å². The van der Waals surface area contributed by atoms with Crippen LogP contribution in [-0.2, 0) is 0 Å². The number of aromatic carboxylic acids is 1. The Kier molecular flexibility index (Phi) is 4.74. The fraction of sp³-hybridized carbons (Fsp3) is 0.538. The first kappa shape index (κ1) is 15.0. The van der Waals surface area contributed by atoms with E-state index in [1.165, 1.54) is 6.07 Å². The maximum absolute atomic E-state index is 12.0. The minimum absolute atomic E-state index is 0.185. The van der Waals surface area contributed by atoms with Gasteiger partial charge in [0.2, 0.25) is 0 Å². The molecule has 0 spiro atoms. The molecule has 1 aromatic heterocycles. The van der Waals surface area contributed by atoms with E-state index in [1.807, 2.05) is 0 Å². The van der Waals surface area contributed by atoms with Crippen molar-refractivity contribution in [2.45, 2.75) is 6.04 Å². The number of nitrogens with one attached hydrogen (secondary N) is 1. The average Bonchev–Trinajstić information content (AvgIpc) is 2.89. The molecular weight excluding hydrogens is 278 g/mol. The van der Waals surface area contributed by atoms with Crippen molar-refractivity contribution in [3.63, 3.8) is 0 Å². The van der Waals surface area contributed by atoms with Crippen molar-refractivity contribution >= 4 is 23.2 Å². The molecule has 110 valence electrons. The summed E-state index contributed by atoms with van der Waals surface area (Å²) in [6.45, 7) is 3.51. The molecule has 0 aromatic carbocycles. The summed E-state index contributed by atoms with van der Waals surface area (Å²) in [6.07, 6.45) is 0. The second-order valence-electron chi connectivity index (χ2n) is 5.08. The molecule has 0 bridgehead atoms. The summed E-state index contributed by atoms with van der Waals surface area (Å²) in [5.41, 5.74) is 0. The lowest BCUT2D eigenvalue weighted by Gasteiger charge is -2.37. The monoisotopic (exact) mass is 297 g/mol. The maximum atomic E-state index is 12.0. The van der Waals surface area contributed by atoms with Crippen LogP contribution in [0, 0.1) is 0 Å². The van der Waals surface area contributed by atoms with Crippen molar-refractivity contribution in [3.8, 4) is 0 Å². The Labute approximate surface area is 122 Å². The number of amides is 1. The van der Waals surface area contributed by atoms with Gasteiger partial charge in [0.1, 0.15) is 4.88 Å². The first-order valence-corrected chi connectivity index (χ1v) is 7.29. The van der Waals surface area contributed by atoms with Crippen LogP contribution in [0.15, 0.2) is 12.1 Å². The molecule has 1 fully saturated rings. The van der Waals surface area contributed by atoms with E-state index in [0.29, 0.717) is 11.4 Å². The molecule has 0 saturated carbocycles. The van der Waals surface area contributed by atoms with Gasteiger partial charge in [0, 0.05) is 32.2 Å². The van der Waals surface area contributed by atoms with Gasteiger partial charge in [-0.05, 0) is 26.2 Å². The standard InChI is InChI=1S/C13H19N3O3S/c1-15-5-6-16(2)9(8-15)7-14-12(17)10-3-4-11(20-10)13(18)19/h3-4,9H,5-8H2,1-2H3,(H,14,17)(H,18,19). The Morgan fingerprint density at radius 3 is 2.70 bits per heavy atom. The molecule has 2 heterocycles. The molecule has 1 saturated heterocycles. The Morgan fingerprint density at radius 1 is 1.35 bits per heavy atom. The second kappa shape index (κ2) is 6.34. The van der Waals surface area contributed by atoms with Crippen LogP contribution in [0.3, 0.4) is 0 Å². The number of carboxylic acid groups (broad SMARTS) is 1. The SMILES string of the molecule is CN1CCN(C)C(CNC(=O)c2ccc(C(=O)O)s2)C1. The lowest BCUT2D eigenvalue weighted by molar-refractivity contribution is 0.0702. The molecule has 0 aliphatic carbocycles. The van der Waals surface area contributed by atoms with Gasteiger partial charge in [0.25, 0.3) is 5.91 Å². The van der Waals surface area contributed by atoms with Crippen molar-refractivity contribution in [2.24, 2.45) is 0 Å². The van der Waals surface area contributed by atoms with Crippen LogP contribution in [0.25, 0.3) is 0 Å². The summed E-state index contributed by atoms with van der Waals surface area (Å²) < 4.78 is 0. The smallest absolute Gasteiger partial charge is 0.345 e. The van der Waals surface area contributed by atoms with Crippen LogP contribution in [0.2, 0.25) is 0 Å². The van der Waals surface area contributed by atoms with Crippen molar-refractivity contribution in [1.29, 1.82) is 0 Å². The number of hydrogen-bond donors (Lipinski definition) is 2. The zero-order valence-corrected chi connectivity index (χ0v) is 12.4. The van der Waals surface area contributed by atoms with E-state index in [9.17, 15) is 9.59 Å². The molecule has 1 aliphatic rings. The summed E-state index contributed by atoms with van der Waals surface area (Å²) in [5.74, 6) is -1.20. The first-order valence-electron chi connectivity index (χ1n) is 6.47. The Morgan fingerprint density at radius 2 is 2.05 bits per heavy atom. The number of thiophene rings is 1. The molecule has 1 aromatic rings. The van der Waals surface area contributed by atoms with Crippen molar-refractivity contribution in [2.75, 3.05) is 40.3 Å². The van der Waals surface area contributed by atoms with Crippen LogP contribution >= 0.6 is 11.3 Å². The predicted molar refractivity (Wildman–Crippen MR) is 77.5 cm³/mol. The van der Waals surface area contributed by atoms with E-state index in [0.717, 1.165) is 31.0 Å². The third-order valence-electron chi connectivity index (χ3n) is 3.52. The topological polar surface area (TPSA) is 72.9 Å². The molecule has 6 nitrogen and oxygen atoms in total. The number of piperazine rings is 1. The van der Waals surface area contributed by atoms with Crippen molar-refractivity contribution in [1.82, 2.24) is 15.1 Å². The maximum Gasteiger partial charge on any atom is 0.345 e. The van der Waals surface area contributed by atoms with Crippen LogP contribution in [0.5, 0.6) is 0 Å². The summed E-state index contributed by atoms with van der Waals surface area (Å²) >= 11 is 1.00. The van der Waals surface area contributed by atoms with Crippen LogP contribution in [0.4, 0.5) is 0 Å². The van der Waals surface area contributed by atoms with Gasteiger partial charge >= 0.3 is 5.97 Å². The molecule has 1 atom stereocenters. The molecule has 1 aliphatic heterocycles. The van der Waals surface area contributed by atoms with E-state index in [1.54, 1.807) is 6.07 Å². The number of carbonyl (C=O) groups is 2. The number of nitrogens with zero attached hydrogens (tertiary/aromatic N) is 2. The van der Waals surface area contributed by atoms with Crippen molar-refractivity contribution < 1.29 is 14.7 Å². The minimum atomic E-state index is -0.998. The normalized spacial score (nSPS) is 20.8. The number of likely N-dealkylation sites (N-methyl/N-ethyl adjacent to an activating group) is 2. The molecule has 1 amide bonds. The quantitative estimate of drug-likeness (QED) is 0.843. The number of carboxylic acids is 1. The third kappa shape index (κ3) is 3.56. The zero-order valence-electron chi connectivity index (χ0n) is 11.6. The van der Waals surface area contributed by atoms with E-state index in [4.69, 9.17) is 5.11 Å². The number of hydrogen-bond acceptors (Lipinski definition) is 5. The van der Waals surface area contributed by atoms with Gasteiger partial charge in [-0.3, -0.25) is 9.69 Å². The van der Waals surface area contributed by atoms with Crippen molar-refractivity contribution in [3.05, 3.63) is 21.9 Å². The highest BCUT2D eigenvalue weighted by molar-refractivity contribution is 7.15. The summed E-state index contributed by atoms with van der Waals surface area (Å²) in [5, 5.41) is 11.7. The summed E-state index contributed by atoms with van der Waals surface area (Å²) in [4.78, 5) is 27.9. The van der Waals surface area contributed by atoms with Crippen LogP contribution in [0.1, 0.15) is 19.3 Å². The second-order valence-corrected chi connectivity index (χ2v) is 6.16. The molecule has 20 heavy (non-hydrogen) atoms. The van der Waals surface area contributed by atoms with E-state index < -0.39 is 5.97 Å². The van der Waals surface area contributed by atoms with E-state index in [-0.39, 0.29) is 16.8 Å². The highest BCUT2D eigenvalue weighted by atomic mass is 32.1. The van der Waals surface area contributed by atoms with Gasteiger partial charge in [-0.25, -0.2) is 4.79 Å². The van der Waals surface area contributed by atoms with Crippen LogP contribution in [-0.4, -0.2) is 73.1 Å². The number of carbonyl (C=O) groups excluding carboxylic acids is 1. The molecule has 2 rings (SSSR count). The Balaban J connectivity index is 1.89. The minimum Gasteiger partial charge on any atom is -0.477 e. The Hall–Kier alpha value is -1.44. The Bertz CT molecular complexity index is 503. The first-order chi connectivity index (χ1) is 9.47. The number of rotatable bonds is 4. The predicted octanol–water partition coefficient (Wildman–Crippen LogP) is 0.422.